The fraction of sp³-hybridized carbons (Fsp3) is 0.824. The minimum Gasteiger partial charge on any atom is -0.339 e. The molecule has 2 saturated heterocycles. The lowest BCUT2D eigenvalue weighted by molar-refractivity contribution is -0.132. The summed E-state index contributed by atoms with van der Waals surface area (Å²) in [5.41, 5.74) is 0. The summed E-state index contributed by atoms with van der Waals surface area (Å²) in [4.78, 5) is 41.6. The highest BCUT2D eigenvalue weighted by Crippen LogP contribution is 2.19. The summed E-state index contributed by atoms with van der Waals surface area (Å²) < 4.78 is 0. The molecule has 1 aliphatic carbocycles. The Labute approximate surface area is 153 Å². The number of urea groups is 1. The first-order chi connectivity index (χ1) is 12.1. The van der Waals surface area contributed by atoms with Crippen LogP contribution in [0.2, 0.25) is 0 Å². The minimum atomic E-state index is 0.0127. The van der Waals surface area contributed by atoms with Gasteiger partial charge in [0.25, 0.3) is 5.24 Å². The maximum Gasteiger partial charge on any atom is 0.317 e. The van der Waals surface area contributed by atoms with E-state index in [1.54, 1.807) is 4.90 Å². The van der Waals surface area contributed by atoms with Gasteiger partial charge in [-0.05, 0) is 12.8 Å². The van der Waals surface area contributed by atoms with Crippen molar-refractivity contribution in [1.82, 2.24) is 20.0 Å². The predicted molar refractivity (Wildman–Crippen MR) is 97.6 cm³/mol. The van der Waals surface area contributed by atoms with Crippen LogP contribution in [0.1, 0.15) is 38.5 Å². The van der Waals surface area contributed by atoms with E-state index in [0.717, 1.165) is 25.1 Å². The number of hydrogen-bond donors (Lipinski definition) is 1. The molecule has 0 bridgehead atoms. The quantitative estimate of drug-likeness (QED) is 0.820. The number of hydrogen-bond acceptors (Lipinski definition) is 4. The molecule has 0 aromatic carbocycles. The van der Waals surface area contributed by atoms with Crippen LogP contribution in [0.4, 0.5) is 9.59 Å². The molecule has 1 N–H and O–H groups in total. The summed E-state index contributed by atoms with van der Waals surface area (Å²) in [7, 11) is 0. The van der Waals surface area contributed by atoms with Crippen LogP contribution in [-0.4, -0.2) is 82.9 Å². The van der Waals surface area contributed by atoms with Gasteiger partial charge in [0.05, 0.1) is 0 Å². The van der Waals surface area contributed by atoms with Gasteiger partial charge in [-0.15, -0.1) is 0 Å². The van der Waals surface area contributed by atoms with Gasteiger partial charge in [-0.2, -0.15) is 0 Å². The normalized spacial score (nSPS) is 22.4. The van der Waals surface area contributed by atoms with Crippen molar-refractivity contribution in [2.75, 3.05) is 45.0 Å². The average Bonchev–Trinajstić information content (AvgIpc) is 3.05. The molecule has 2 heterocycles. The lowest BCUT2D eigenvalue weighted by Gasteiger charge is -2.36. The molecular formula is C17H28N4O3S. The zero-order valence-corrected chi connectivity index (χ0v) is 15.6. The van der Waals surface area contributed by atoms with Gasteiger partial charge in [0.2, 0.25) is 5.91 Å². The summed E-state index contributed by atoms with van der Waals surface area (Å²) in [6.45, 7) is 3.59. The van der Waals surface area contributed by atoms with Crippen molar-refractivity contribution in [3.8, 4) is 0 Å². The Bertz CT molecular complexity index is 502. The van der Waals surface area contributed by atoms with Gasteiger partial charge >= 0.3 is 6.03 Å². The SMILES string of the molecule is O=C(CCN1CCSC1=O)N1CCN(C(=O)NC2CCCCC2)CC1. The first-order valence-corrected chi connectivity index (χ1v) is 10.4. The van der Waals surface area contributed by atoms with Crippen molar-refractivity contribution in [2.45, 2.75) is 44.6 Å². The summed E-state index contributed by atoms with van der Waals surface area (Å²) in [5, 5.41) is 3.22. The number of thioether (sulfide) groups is 1. The standard InChI is InChI=1S/C17H28N4O3S/c22-15(6-7-21-12-13-25-17(21)24)19-8-10-20(11-9-19)16(23)18-14-4-2-1-3-5-14/h14H,1-13H2,(H,18,23). The summed E-state index contributed by atoms with van der Waals surface area (Å²) in [6, 6.07) is 0.329. The summed E-state index contributed by atoms with van der Waals surface area (Å²) in [5.74, 6) is 0.902. The highest BCUT2D eigenvalue weighted by atomic mass is 32.2. The van der Waals surface area contributed by atoms with E-state index in [2.05, 4.69) is 5.32 Å². The highest BCUT2D eigenvalue weighted by Gasteiger charge is 2.27. The van der Waals surface area contributed by atoms with Crippen LogP contribution >= 0.6 is 11.8 Å². The number of carbonyl (C=O) groups excluding carboxylic acids is 3. The number of amides is 4. The van der Waals surface area contributed by atoms with Gasteiger partial charge in [0.15, 0.2) is 0 Å². The van der Waals surface area contributed by atoms with Crippen molar-refractivity contribution >= 4 is 28.9 Å². The zero-order chi connectivity index (χ0) is 17.6. The average molecular weight is 369 g/mol. The maximum atomic E-state index is 12.3. The van der Waals surface area contributed by atoms with Crippen LogP contribution in [-0.2, 0) is 4.79 Å². The van der Waals surface area contributed by atoms with Gasteiger partial charge in [-0.1, -0.05) is 31.0 Å². The monoisotopic (exact) mass is 368 g/mol. The Balaban J connectivity index is 1.36. The molecule has 0 aromatic rings. The van der Waals surface area contributed by atoms with E-state index < -0.39 is 0 Å². The van der Waals surface area contributed by atoms with Crippen molar-refractivity contribution in [3.05, 3.63) is 0 Å². The van der Waals surface area contributed by atoms with Crippen LogP contribution in [0, 0.1) is 0 Å². The zero-order valence-electron chi connectivity index (χ0n) is 14.7. The van der Waals surface area contributed by atoms with Crippen LogP contribution in [0.25, 0.3) is 0 Å². The Morgan fingerprint density at radius 1 is 1.00 bits per heavy atom. The number of rotatable bonds is 4. The third-order valence-electron chi connectivity index (χ3n) is 5.29. The van der Waals surface area contributed by atoms with Gasteiger partial charge in [0.1, 0.15) is 0 Å². The molecule has 7 nitrogen and oxygen atoms in total. The number of carbonyl (C=O) groups is 3. The summed E-state index contributed by atoms with van der Waals surface area (Å²) >= 11 is 1.32. The fourth-order valence-electron chi connectivity index (χ4n) is 3.69. The molecule has 8 heteroatoms. The molecule has 0 spiro atoms. The molecule has 25 heavy (non-hydrogen) atoms. The topological polar surface area (TPSA) is 73.0 Å². The van der Waals surface area contributed by atoms with Crippen LogP contribution < -0.4 is 5.32 Å². The van der Waals surface area contributed by atoms with E-state index in [-0.39, 0.29) is 17.2 Å². The van der Waals surface area contributed by atoms with Gasteiger partial charge in [-0.3, -0.25) is 9.59 Å². The van der Waals surface area contributed by atoms with E-state index in [1.807, 2.05) is 9.80 Å². The van der Waals surface area contributed by atoms with Gasteiger partial charge in [0, 0.05) is 57.5 Å². The largest absolute Gasteiger partial charge is 0.339 e. The third kappa shape index (κ3) is 5.03. The Hall–Kier alpha value is -1.44. The third-order valence-corrected chi connectivity index (χ3v) is 6.18. The van der Waals surface area contributed by atoms with Gasteiger partial charge in [-0.25, -0.2) is 4.79 Å². The Morgan fingerprint density at radius 3 is 2.32 bits per heavy atom. The lowest BCUT2D eigenvalue weighted by Crippen LogP contribution is -2.54. The van der Waals surface area contributed by atoms with E-state index in [9.17, 15) is 14.4 Å². The predicted octanol–water partition coefficient (Wildman–Crippen LogP) is 1.73. The second kappa shape index (κ2) is 8.78. The second-order valence-corrected chi connectivity index (χ2v) is 8.05. The van der Waals surface area contributed by atoms with Crippen molar-refractivity contribution in [2.24, 2.45) is 0 Å². The Kier molecular flexibility index (Phi) is 6.45. The van der Waals surface area contributed by atoms with E-state index >= 15 is 0 Å². The Morgan fingerprint density at radius 2 is 1.68 bits per heavy atom. The number of nitrogens with zero attached hydrogens (tertiary/aromatic N) is 3. The first-order valence-electron chi connectivity index (χ1n) is 9.38. The number of nitrogens with one attached hydrogen (secondary N) is 1. The molecule has 0 radical (unpaired) electrons. The molecule has 0 unspecified atom stereocenters. The molecule has 0 aromatic heterocycles. The molecule has 3 fully saturated rings. The molecule has 4 amide bonds. The molecule has 3 aliphatic rings. The van der Waals surface area contributed by atoms with Crippen LogP contribution in [0.15, 0.2) is 0 Å². The summed E-state index contributed by atoms with van der Waals surface area (Å²) in [6.07, 6.45) is 6.21. The molecule has 2 aliphatic heterocycles. The van der Waals surface area contributed by atoms with Crippen LogP contribution in [0.3, 0.4) is 0 Å². The molecule has 1 saturated carbocycles. The highest BCUT2D eigenvalue weighted by molar-refractivity contribution is 8.13. The minimum absolute atomic E-state index is 0.0127. The van der Waals surface area contributed by atoms with E-state index in [4.69, 9.17) is 0 Å². The van der Waals surface area contributed by atoms with Crippen molar-refractivity contribution in [1.29, 1.82) is 0 Å². The number of piperazine rings is 1. The first kappa shape index (κ1) is 18.4. The van der Waals surface area contributed by atoms with Crippen molar-refractivity contribution < 1.29 is 14.4 Å². The van der Waals surface area contributed by atoms with Crippen LogP contribution in [0.5, 0.6) is 0 Å². The van der Waals surface area contributed by atoms with E-state index in [1.165, 1.54) is 31.0 Å². The van der Waals surface area contributed by atoms with Gasteiger partial charge < -0.3 is 20.0 Å². The maximum absolute atomic E-state index is 12.3. The lowest BCUT2D eigenvalue weighted by atomic mass is 9.96. The molecule has 140 valence electrons. The van der Waals surface area contributed by atoms with Crippen molar-refractivity contribution in [3.63, 3.8) is 0 Å². The second-order valence-electron chi connectivity index (χ2n) is 7.00. The molecule has 3 rings (SSSR count). The smallest absolute Gasteiger partial charge is 0.317 e. The van der Waals surface area contributed by atoms with E-state index in [0.29, 0.717) is 45.2 Å². The molecule has 0 atom stereocenters. The fourth-order valence-corrected chi connectivity index (χ4v) is 4.54. The molecular weight excluding hydrogens is 340 g/mol.